The van der Waals surface area contributed by atoms with Gasteiger partial charge in [0.1, 0.15) is 16.4 Å². The zero-order valence-electron chi connectivity index (χ0n) is 15.1. The molecule has 4 rings (SSSR count). The number of benzene rings is 1. The Balaban J connectivity index is 1.50. The molecule has 2 aromatic heterocycles. The number of nitrogens with one attached hydrogen (secondary N) is 1. The Labute approximate surface area is 170 Å². The van der Waals surface area contributed by atoms with Crippen LogP contribution in [0.5, 0.6) is 0 Å². The zero-order chi connectivity index (χ0) is 20.4. The predicted molar refractivity (Wildman–Crippen MR) is 104 cm³/mol. The van der Waals surface area contributed by atoms with Crippen LogP contribution in [0.1, 0.15) is 12.8 Å². The van der Waals surface area contributed by atoms with Crippen molar-refractivity contribution in [3.63, 3.8) is 0 Å². The van der Waals surface area contributed by atoms with Gasteiger partial charge < -0.3 is 5.32 Å². The van der Waals surface area contributed by atoms with Gasteiger partial charge in [0.2, 0.25) is 5.91 Å². The first kappa shape index (κ1) is 19.6. The topological polar surface area (TPSA) is 110 Å². The van der Waals surface area contributed by atoms with Crippen molar-refractivity contribution in [1.82, 2.24) is 24.5 Å². The number of carbonyl (C=O) groups excluding carboxylic acids is 1. The molecule has 1 aromatic carbocycles. The van der Waals surface area contributed by atoms with Crippen LogP contribution in [0.3, 0.4) is 0 Å². The highest BCUT2D eigenvalue weighted by molar-refractivity contribution is 7.91. The van der Waals surface area contributed by atoms with Crippen LogP contribution in [0.25, 0.3) is 5.69 Å². The van der Waals surface area contributed by atoms with Gasteiger partial charge in [-0.3, -0.25) is 4.79 Å². The normalized spacial score (nSPS) is 17.9. The summed E-state index contributed by atoms with van der Waals surface area (Å²) in [4.78, 5) is 12.7. The van der Waals surface area contributed by atoms with Gasteiger partial charge in [-0.05, 0) is 52.9 Å². The molecule has 1 saturated heterocycles. The van der Waals surface area contributed by atoms with Crippen LogP contribution in [0.4, 0.5) is 10.1 Å². The van der Waals surface area contributed by atoms with Crippen molar-refractivity contribution in [3.05, 3.63) is 47.9 Å². The SMILES string of the molecule is O=C(Nc1cc(-n2cnnn2)ccc1F)C1CCCN(S(=O)(=O)c2cccs2)C1. The molecule has 152 valence electrons. The van der Waals surface area contributed by atoms with Crippen molar-refractivity contribution < 1.29 is 17.6 Å². The third kappa shape index (κ3) is 4.04. The first-order chi connectivity index (χ1) is 13.9. The van der Waals surface area contributed by atoms with Gasteiger partial charge in [-0.15, -0.1) is 16.4 Å². The number of carbonyl (C=O) groups is 1. The van der Waals surface area contributed by atoms with E-state index in [2.05, 4.69) is 20.8 Å². The molecule has 1 amide bonds. The minimum absolute atomic E-state index is 0.0127. The number of aromatic nitrogens is 4. The molecule has 29 heavy (non-hydrogen) atoms. The average Bonchev–Trinajstić information content (AvgIpc) is 3.44. The Kier molecular flexibility index (Phi) is 5.39. The van der Waals surface area contributed by atoms with E-state index in [4.69, 9.17) is 0 Å². The number of tetrazole rings is 1. The van der Waals surface area contributed by atoms with Crippen molar-refractivity contribution in [3.8, 4) is 5.69 Å². The number of thiophene rings is 1. The number of piperidine rings is 1. The van der Waals surface area contributed by atoms with Crippen molar-refractivity contribution in [2.24, 2.45) is 5.92 Å². The fraction of sp³-hybridized carbons (Fsp3) is 0.294. The number of rotatable bonds is 5. The summed E-state index contributed by atoms with van der Waals surface area (Å²) < 4.78 is 42.6. The quantitative estimate of drug-likeness (QED) is 0.654. The lowest BCUT2D eigenvalue weighted by Gasteiger charge is -2.30. The van der Waals surface area contributed by atoms with Gasteiger partial charge in [0.15, 0.2) is 0 Å². The minimum atomic E-state index is -3.63. The van der Waals surface area contributed by atoms with Crippen LogP contribution in [-0.4, -0.2) is 51.9 Å². The average molecular weight is 436 g/mol. The Hall–Kier alpha value is -2.70. The lowest BCUT2D eigenvalue weighted by molar-refractivity contribution is -0.120. The van der Waals surface area contributed by atoms with Gasteiger partial charge in [0.05, 0.1) is 17.3 Å². The number of halogens is 1. The van der Waals surface area contributed by atoms with E-state index in [9.17, 15) is 17.6 Å². The molecule has 3 heterocycles. The van der Waals surface area contributed by atoms with E-state index in [1.54, 1.807) is 17.5 Å². The summed E-state index contributed by atoms with van der Waals surface area (Å²) in [7, 11) is -3.63. The second-order valence-corrected chi connectivity index (χ2v) is 9.65. The number of nitrogens with zero attached hydrogens (tertiary/aromatic N) is 5. The summed E-state index contributed by atoms with van der Waals surface area (Å²) in [5.74, 6) is -1.60. The summed E-state index contributed by atoms with van der Waals surface area (Å²) in [5, 5.41) is 15.1. The monoisotopic (exact) mass is 436 g/mol. The first-order valence-electron chi connectivity index (χ1n) is 8.82. The summed E-state index contributed by atoms with van der Waals surface area (Å²) in [6.45, 7) is 0.410. The first-order valence-corrected chi connectivity index (χ1v) is 11.1. The van der Waals surface area contributed by atoms with E-state index < -0.39 is 27.7 Å². The van der Waals surface area contributed by atoms with Crippen LogP contribution in [-0.2, 0) is 14.8 Å². The molecule has 0 spiro atoms. The highest BCUT2D eigenvalue weighted by Gasteiger charge is 2.34. The minimum Gasteiger partial charge on any atom is -0.323 e. The van der Waals surface area contributed by atoms with Gasteiger partial charge in [-0.1, -0.05) is 6.07 Å². The van der Waals surface area contributed by atoms with Crippen LogP contribution >= 0.6 is 11.3 Å². The fourth-order valence-electron chi connectivity index (χ4n) is 3.18. The van der Waals surface area contributed by atoms with Crippen LogP contribution in [0, 0.1) is 11.7 Å². The van der Waals surface area contributed by atoms with Gasteiger partial charge in [-0.25, -0.2) is 17.5 Å². The Bertz CT molecular complexity index is 1100. The largest absolute Gasteiger partial charge is 0.323 e. The van der Waals surface area contributed by atoms with Crippen LogP contribution in [0.15, 0.2) is 46.2 Å². The van der Waals surface area contributed by atoms with E-state index >= 15 is 0 Å². The molecule has 1 fully saturated rings. The standard InChI is InChI=1S/C17H17FN6O3S2/c18-14-6-5-13(24-11-19-21-22-24)9-15(14)20-17(25)12-3-1-7-23(10-12)29(26,27)16-4-2-8-28-16/h2,4-6,8-9,11-12H,1,3,7,10H2,(H,20,25). The van der Waals surface area contributed by atoms with Crippen molar-refractivity contribution in [2.45, 2.75) is 17.1 Å². The smallest absolute Gasteiger partial charge is 0.252 e. The zero-order valence-corrected chi connectivity index (χ0v) is 16.7. The molecule has 0 aliphatic carbocycles. The summed E-state index contributed by atoms with van der Waals surface area (Å²) in [6, 6.07) is 7.33. The number of amides is 1. The number of anilines is 1. The van der Waals surface area contributed by atoms with E-state index in [0.29, 0.717) is 25.1 Å². The number of hydrogen-bond donors (Lipinski definition) is 1. The van der Waals surface area contributed by atoms with E-state index in [-0.39, 0.29) is 16.4 Å². The van der Waals surface area contributed by atoms with E-state index in [1.807, 2.05) is 0 Å². The second kappa shape index (κ2) is 7.97. The summed E-state index contributed by atoms with van der Waals surface area (Å²) in [6.07, 6.45) is 2.43. The third-order valence-corrected chi connectivity index (χ3v) is 7.90. The molecule has 3 aromatic rings. The molecular formula is C17H17FN6O3S2. The maximum absolute atomic E-state index is 14.2. The van der Waals surface area contributed by atoms with Crippen molar-refractivity contribution >= 4 is 33.0 Å². The molecule has 1 aliphatic heterocycles. The van der Waals surface area contributed by atoms with Crippen molar-refractivity contribution in [2.75, 3.05) is 18.4 Å². The summed E-state index contributed by atoms with van der Waals surface area (Å²) in [5.41, 5.74) is 0.471. The molecule has 1 unspecified atom stereocenters. The molecule has 1 N–H and O–H groups in total. The lowest BCUT2D eigenvalue weighted by Crippen LogP contribution is -2.43. The number of sulfonamides is 1. The second-order valence-electron chi connectivity index (χ2n) is 6.54. The van der Waals surface area contributed by atoms with Gasteiger partial charge in [0, 0.05) is 13.1 Å². The highest BCUT2D eigenvalue weighted by atomic mass is 32.2. The highest BCUT2D eigenvalue weighted by Crippen LogP contribution is 2.27. The molecular weight excluding hydrogens is 419 g/mol. The van der Waals surface area contributed by atoms with Gasteiger partial charge in [-0.2, -0.15) is 4.31 Å². The Morgan fingerprint density at radius 1 is 1.31 bits per heavy atom. The molecule has 0 radical (unpaired) electrons. The van der Waals surface area contributed by atoms with Gasteiger partial charge in [0.25, 0.3) is 10.0 Å². The van der Waals surface area contributed by atoms with Crippen molar-refractivity contribution in [1.29, 1.82) is 0 Å². The molecule has 0 bridgehead atoms. The predicted octanol–water partition coefficient (Wildman–Crippen LogP) is 1.90. The van der Waals surface area contributed by atoms with E-state index in [1.165, 1.54) is 33.5 Å². The Morgan fingerprint density at radius 3 is 2.90 bits per heavy atom. The van der Waals surface area contributed by atoms with Crippen LogP contribution < -0.4 is 5.32 Å². The number of hydrogen-bond acceptors (Lipinski definition) is 7. The fourth-order valence-corrected chi connectivity index (χ4v) is 5.85. The molecule has 0 saturated carbocycles. The maximum Gasteiger partial charge on any atom is 0.252 e. The lowest BCUT2D eigenvalue weighted by atomic mass is 9.98. The van der Waals surface area contributed by atoms with Gasteiger partial charge >= 0.3 is 0 Å². The van der Waals surface area contributed by atoms with E-state index in [0.717, 1.165) is 11.3 Å². The molecule has 1 atom stereocenters. The summed E-state index contributed by atoms with van der Waals surface area (Å²) >= 11 is 1.14. The Morgan fingerprint density at radius 2 is 2.17 bits per heavy atom. The molecule has 1 aliphatic rings. The molecule has 9 nitrogen and oxygen atoms in total. The third-order valence-electron chi connectivity index (χ3n) is 4.67. The maximum atomic E-state index is 14.2. The molecule has 12 heteroatoms. The van der Waals surface area contributed by atoms with Crippen LogP contribution in [0.2, 0.25) is 0 Å².